The van der Waals surface area contributed by atoms with Crippen LogP contribution in [-0.4, -0.2) is 35.2 Å². The Morgan fingerprint density at radius 3 is 2.45 bits per heavy atom. The van der Waals surface area contributed by atoms with Gasteiger partial charge in [-0.1, -0.05) is 26.0 Å². The number of carbonyl (C=O) groups is 2. The van der Waals surface area contributed by atoms with Gasteiger partial charge in [0.25, 0.3) is 5.91 Å². The number of halogens is 1. The normalized spacial score (nSPS) is 28.6. The highest BCUT2D eigenvalue weighted by atomic mass is 19.1. The molecule has 2 aliphatic heterocycles. The van der Waals surface area contributed by atoms with E-state index in [0.717, 1.165) is 19.3 Å². The molecule has 1 saturated heterocycles. The fourth-order valence-electron chi connectivity index (χ4n) is 5.04. The van der Waals surface area contributed by atoms with Crippen LogP contribution in [-0.2, 0) is 9.59 Å². The van der Waals surface area contributed by atoms with Crippen molar-refractivity contribution in [1.29, 1.82) is 5.26 Å². The van der Waals surface area contributed by atoms with Gasteiger partial charge in [-0.2, -0.15) is 5.26 Å². The molecule has 152 valence electrons. The van der Waals surface area contributed by atoms with E-state index >= 15 is 0 Å². The lowest BCUT2D eigenvalue weighted by atomic mass is 9.70. The minimum Gasteiger partial charge on any atom is -0.362 e. The molecule has 3 aliphatic rings. The van der Waals surface area contributed by atoms with Crippen molar-refractivity contribution < 1.29 is 14.0 Å². The standard InChI is InChI=1S/C23H26FN3O2/c1-22(2)12-17-19(18(28)13-22)20(15-6-8-16(24)9-7-15)23(14-25,26-17)21(29)27-10-4-3-5-11-27/h6-9,20,26H,3-5,10-13H2,1-2H3. The van der Waals surface area contributed by atoms with Gasteiger partial charge in [0.15, 0.2) is 5.78 Å². The van der Waals surface area contributed by atoms with Gasteiger partial charge in [-0.15, -0.1) is 0 Å². The van der Waals surface area contributed by atoms with Crippen molar-refractivity contribution in [2.75, 3.05) is 13.1 Å². The molecule has 2 atom stereocenters. The molecule has 0 aromatic heterocycles. The first-order valence-corrected chi connectivity index (χ1v) is 10.3. The van der Waals surface area contributed by atoms with Gasteiger partial charge in [0.05, 0.1) is 5.92 Å². The third-order valence-electron chi connectivity index (χ3n) is 6.35. The molecule has 1 aliphatic carbocycles. The minimum absolute atomic E-state index is 0.0401. The topological polar surface area (TPSA) is 73.2 Å². The quantitative estimate of drug-likeness (QED) is 0.833. The molecular weight excluding hydrogens is 369 g/mol. The molecule has 0 saturated carbocycles. The van der Waals surface area contributed by atoms with E-state index in [1.807, 2.05) is 13.8 Å². The summed E-state index contributed by atoms with van der Waals surface area (Å²) in [4.78, 5) is 28.5. The zero-order valence-corrected chi connectivity index (χ0v) is 16.9. The van der Waals surface area contributed by atoms with Crippen LogP contribution in [0.3, 0.4) is 0 Å². The number of amides is 1. The van der Waals surface area contributed by atoms with Crippen molar-refractivity contribution >= 4 is 11.7 Å². The number of hydrogen-bond acceptors (Lipinski definition) is 4. The number of Topliss-reactive ketones (excluding diaryl/α,β-unsaturated/α-hetero) is 1. The van der Waals surface area contributed by atoms with Gasteiger partial charge >= 0.3 is 0 Å². The lowest BCUT2D eigenvalue weighted by Gasteiger charge is -2.36. The number of hydrogen-bond donors (Lipinski definition) is 1. The highest BCUT2D eigenvalue weighted by Crippen LogP contribution is 2.50. The van der Waals surface area contributed by atoms with E-state index in [1.54, 1.807) is 17.0 Å². The summed E-state index contributed by atoms with van der Waals surface area (Å²) in [6, 6.07) is 8.06. The molecule has 6 heteroatoms. The molecule has 2 heterocycles. The average molecular weight is 395 g/mol. The zero-order valence-electron chi connectivity index (χ0n) is 16.9. The van der Waals surface area contributed by atoms with Gasteiger partial charge in [0.2, 0.25) is 5.54 Å². The molecule has 1 aromatic carbocycles. The Morgan fingerprint density at radius 1 is 1.17 bits per heavy atom. The van der Waals surface area contributed by atoms with Crippen molar-refractivity contribution in [2.24, 2.45) is 5.41 Å². The van der Waals surface area contributed by atoms with Crippen LogP contribution < -0.4 is 5.32 Å². The molecule has 1 aromatic rings. The van der Waals surface area contributed by atoms with Crippen LogP contribution in [0.2, 0.25) is 0 Å². The Kier molecular flexibility index (Phi) is 4.72. The van der Waals surface area contributed by atoms with Crippen LogP contribution in [0.15, 0.2) is 35.5 Å². The van der Waals surface area contributed by atoms with Crippen LogP contribution in [0, 0.1) is 22.6 Å². The van der Waals surface area contributed by atoms with Crippen molar-refractivity contribution in [1.82, 2.24) is 10.2 Å². The summed E-state index contributed by atoms with van der Waals surface area (Å²) in [6.07, 6.45) is 3.85. The van der Waals surface area contributed by atoms with E-state index in [2.05, 4.69) is 11.4 Å². The molecule has 1 N–H and O–H groups in total. The molecule has 0 bridgehead atoms. The Labute approximate surface area is 170 Å². The number of likely N-dealkylation sites (tertiary alicyclic amines) is 1. The second kappa shape index (κ2) is 6.98. The largest absolute Gasteiger partial charge is 0.362 e. The van der Waals surface area contributed by atoms with E-state index in [9.17, 15) is 19.2 Å². The third kappa shape index (κ3) is 3.23. The van der Waals surface area contributed by atoms with E-state index in [1.165, 1.54) is 12.1 Å². The van der Waals surface area contributed by atoms with Crippen LogP contribution >= 0.6 is 0 Å². The van der Waals surface area contributed by atoms with Gasteiger partial charge in [0, 0.05) is 30.8 Å². The number of nitrogens with one attached hydrogen (secondary N) is 1. The van der Waals surface area contributed by atoms with Crippen LogP contribution in [0.25, 0.3) is 0 Å². The number of nitriles is 1. The first-order chi connectivity index (χ1) is 13.8. The Balaban J connectivity index is 1.84. The molecule has 29 heavy (non-hydrogen) atoms. The van der Waals surface area contributed by atoms with E-state index in [4.69, 9.17) is 0 Å². The van der Waals surface area contributed by atoms with Gasteiger partial charge in [-0.05, 0) is 48.8 Å². The van der Waals surface area contributed by atoms with Crippen LogP contribution in [0.1, 0.15) is 57.4 Å². The first kappa shape index (κ1) is 19.6. The summed E-state index contributed by atoms with van der Waals surface area (Å²) in [5, 5.41) is 13.5. The lowest BCUT2D eigenvalue weighted by molar-refractivity contribution is -0.137. The van der Waals surface area contributed by atoms with Crippen LogP contribution in [0.4, 0.5) is 4.39 Å². The summed E-state index contributed by atoms with van der Waals surface area (Å²) < 4.78 is 13.6. The number of allylic oxidation sites excluding steroid dienone is 1. The number of nitrogens with zero attached hydrogens (tertiary/aromatic N) is 2. The number of benzene rings is 1. The van der Waals surface area contributed by atoms with Gasteiger partial charge in [-0.3, -0.25) is 9.59 Å². The second-order valence-corrected chi connectivity index (χ2v) is 9.22. The molecule has 1 fully saturated rings. The highest BCUT2D eigenvalue weighted by molar-refractivity contribution is 6.04. The predicted octanol–water partition coefficient (Wildman–Crippen LogP) is 3.43. The molecular formula is C23H26FN3O2. The first-order valence-electron chi connectivity index (χ1n) is 10.3. The van der Waals surface area contributed by atoms with Gasteiger partial charge < -0.3 is 10.2 Å². The van der Waals surface area contributed by atoms with Crippen molar-refractivity contribution in [3.63, 3.8) is 0 Å². The van der Waals surface area contributed by atoms with Crippen molar-refractivity contribution in [3.8, 4) is 6.07 Å². The molecule has 1 amide bonds. The SMILES string of the molecule is CC1(C)CC(=O)C2=C(C1)NC(C#N)(C(=O)N1CCCCC1)C2c1ccc(F)cc1. The lowest BCUT2D eigenvalue weighted by Crippen LogP contribution is -2.58. The Morgan fingerprint density at radius 2 is 1.83 bits per heavy atom. The second-order valence-electron chi connectivity index (χ2n) is 9.22. The van der Waals surface area contributed by atoms with E-state index in [-0.39, 0.29) is 17.1 Å². The maximum absolute atomic E-state index is 13.6. The molecule has 0 spiro atoms. The van der Waals surface area contributed by atoms with Crippen molar-refractivity contribution in [2.45, 2.75) is 57.4 Å². The fourth-order valence-corrected chi connectivity index (χ4v) is 5.04. The average Bonchev–Trinajstić information content (AvgIpc) is 3.03. The third-order valence-corrected chi connectivity index (χ3v) is 6.35. The number of carbonyl (C=O) groups excluding carboxylic acids is 2. The molecule has 5 nitrogen and oxygen atoms in total. The number of rotatable bonds is 2. The monoisotopic (exact) mass is 395 g/mol. The maximum Gasteiger partial charge on any atom is 0.264 e. The summed E-state index contributed by atoms with van der Waals surface area (Å²) >= 11 is 0. The highest BCUT2D eigenvalue weighted by Gasteiger charge is 2.58. The Bertz CT molecular complexity index is 922. The smallest absolute Gasteiger partial charge is 0.264 e. The summed E-state index contributed by atoms with van der Waals surface area (Å²) in [7, 11) is 0. The Hall–Kier alpha value is -2.68. The summed E-state index contributed by atoms with van der Waals surface area (Å²) in [5.41, 5.74) is 0.00509. The van der Waals surface area contributed by atoms with Crippen LogP contribution in [0.5, 0.6) is 0 Å². The van der Waals surface area contributed by atoms with Crippen molar-refractivity contribution in [3.05, 3.63) is 46.9 Å². The minimum atomic E-state index is -1.57. The fraction of sp³-hybridized carbons (Fsp3) is 0.522. The molecule has 4 rings (SSSR count). The summed E-state index contributed by atoms with van der Waals surface area (Å²) in [6.45, 7) is 5.26. The molecule has 2 unspecified atom stereocenters. The number of ketones is 1. The van der Waals surface area contributed by atoms with E-state index in [0.29, 0.717) is 42.8 Å². The zero-order chi connectivity index (χ0) is 20.8. The maximum atomic E-state index is 13.6. The molecule has 0 radical (unpaired) electrons. The van der Waals surface area contributed by atoms with E-state index < -0.39 is 17.3 Å². The summed E-state index contributed by atoms with van der Waals surface area (Å²) in [5.74, 6) is -1.45. The predicted molar refractivity (Wildman–Crippen MR) is 106 cm³/mol. The number of piperidine rings is 1. The van der Waals surface area contributed by atoms with Gasteiger partial charge in [0.1, 0.15) is 11.9 Å². The van der Waals surface area contributed by atoms with Gasteiger partial charge in [-0.25, -0.2) is 4.39 Å².